The number of rotatable bonds is 6. The maximum atomic E-state index is 12.3. The van der Waals surface area contributed by atoms with Gasteiger partial charge in [0.15, 0.2) is 0 Å². The molecule has 8 heteroatoms. The van der Waals surface area contributed by atoms with E-state index in [0.717, 1.165) is 5.56 Å². The number of amides is 1. The van der Waals surface area contributed by atoms with Crippen molar-refractivity contribution < 1.29 is 9.53 Å². The van der Waals surface area contributed by atoms with E-state index in [2.05, 4.69) is 20.5 Å². The highest BCUT2D eigenvalue weighted by molar-refractivity contribution is 6.30. The molecular formula is C15H19ClN4O3. The van der Waals surface area contributed by atoms with Crippen molar-refractivity contribution in [3.8, 4) is 5.75 Å². The summed E-state index contributed by atoms with van der Waals surface area (Å²) in [7, 11) is 1.56. The fourth-order valence-corrected chi connectivity index (χ4v) is 2.50. The van der Waals surface area contributed by atoms with E-state index in [1.165, 1.54) is 0 Å². The molecule has 0 saturated heterocycles. The number of H-pyrrole nitrogens is 2. The minimum absolute atomic E-state index is 0.0650. The van der Waals surface area contributed by atoms with E-state index in [1.807, 2.05) is 13.8 Å². The van der Waals surface area contributed by atoms with Crippen molar-refractivity contribution in [2.24, 2.45) is 5.92 Å². The second-order valence-electron chi connectivity index (χ2n) is 5.57. The van der Waals surface area contributed by atoms with Gasteiger partial charge < -0.3 is 10.1 Å². The van der Waals surface area contributed by atoms with E-state index >= 15 is 0 Å². The summed E-state index contributed by atoms with van der Waals surface area (Å²) >= 11 is 6.08. The quantitative estimate of drug-likeness (QED) is 0.752. The van der Waals surface area contributed by atoms with Crippen LogP contribution in [0.5, 0.6) is 5.75 Å². The molecule has 1 aromatic heterocycles. The van der Waals surface area contributed by atoms with Crippen LogP contribution in [-0.4, -0.2) is 28.2 Å². The Balaban J connectivity index is 2.32. The van der Waals surface area contributed by atoms with Crippen molar-refractivity contribution in [2.45, 2.75) is 26.3 Å². The number of carbonyl (C=O) groups is 1. The van der Waals surface area contributed by atoms with Gasteiger partial charge in [0.2, 0.25) is 5.82 Å². The lowest BCUT2D eigenvalue weighted by Gasteiger charge is -2.22. The zero-order valence-electron chi connectivity index (χ0n) is 13.1. The van der Waals surface area contributed by atoms with Gasteiger partial charge >= 0.3 is 5.69 Å². The number of hydrogen-bond donors (Lipinski definition) is 3. The molecule has 0 aliphatic carbocycles. The van der Waals surface area contributed by atoms with Crippen LogP contribution in [0.1, 0.15) is 42.5 Å². The minimum Gasteiger partial charge on any atom is -0.496 e. The Morgan fingerprint density at radius 1 is 1.43 bits per heavy atom. The number of aromatic amines is 2. The van der Waals surface area contributed by atoms with Gasteiger partial charge in [0.1, 0.15) is 5.75 Å². The maximum Gasteiger partial charge on any atom is 0.341 e. The molecule has 1 aromatic carbocycles. The standard InChI is InChI=1S/C15H19ClN4O3/c1-8(2)6-11(10-7-9(16)4-5-12(10)23-3)17-14(21)13-18-15(22)20-19-13/h4-5,7-8,11H,6H2,1-3H3,(H,17,21)(H2,18,19,20,22). The fourth-order valence-electron chi connectivity index (χ4n) is 2.32. The van der Waals surface area contributed by atoms with E-state index in [9.17, 15) is 9.59 Å². The number of ether oxygens (including phenoxy) is 1. The number of methoxy groups -OCH3 is 1. The Hall–Kier alpha value is -2.28. The van der Waals surface area contributed by atoms with Gasteiger partial charge in [-0.05, 0) is 30.5 Å². The van der Waals surface area contributed by atoms with Crippen LogP contribution in [-0.2, 0) is 0 Å². The predicted octanol–water partition coefficient (Wildman–Crippen LogP) is 2.28. The number of halogens is 1. The number of carbonyl (C=O) groups excluding carboxylic acids is 1. The summed E-state index contributed by atoms with van der Waals surface area (Å²) in [5.74, 6) is 0.416. The Morgan fingerprint density at radius 3 is 2.74 bits per heavy atom. The molecule has 0 aliphatic heterocycles. The first-order chi connectivity index (χ1) is 10.9. The second-order valence-corrected chi connectivity index (χ2v) is 6.00. The summed E-state index contributed by atoms with van der Waals surface area (Å²) in [5.41, 5.74) is 0.246. The number of benzene rings is 1. The summed E-state index contributed by atoms with van der Waals surface area (Å²) in [4.78, 5) is 25.7. The summed E-state index contributed by atoms with van der Waals surface area (Å²) in [6.45, 7) is 4.10. The second kappa shape index (κ2) is 7.32. The molecule has 0 spiro atoms. The van der Waals surface area contributed by atoms with Crippen LogP contribution in [0, 0.1) is 5.92 Å². The number of nitrogens with zero attached hydrogens (tertiary/aromatic N) is 1. The van der Waals surface area contributed by atoms with Crippen molar-refractivity contribution in [3.05, 3.63) is 45.1 Å². The third kappa shape index (κ3) is 4.35. The van der Waals surface area contributed by atoms with Crippen LogP contribution in [0.3, 0.4) is 0 Å². The first kappa shape index (κ1) is 17.1. The fraction of sp³-hybridized carbons (Fsp3) is 0.400. The van der Waals surface area contributed by atoms with Gasteiger partial charge in [0, 0.05) is 10.6 Å². The van der Waals surface area contributed by atoms with Crippen LogP contribution in [0.15, 0.2) is 23.0 Å². The third-order valence-corrected chi connectivity index (χ3v) is 3.53. The highest BCUT2D eigenvalue weighted by Gasteiger charge is 2.22. The lowest BCUT2D eigenvalue weighted by molar-refractivity contribution is 0.0921. The van der Waals surface area contributed by atoms with E-state index in [-0.39, 0.29) is 11.9 Å². The molecule has 124 valence electrons. The highest BCUT2D eigenvalue weighted by Crippen LogP contribution is 2.32. The molecule has 0 fully saturated rings. The molecule has 2 aromatic rings. The Morgan fingerprint density at radius 2 is 2.17 bits per heavy atom. The average Bonchev–Trinajstić information content (AvgIpc) is 2.92. The minimum atomic E-state index is -0.532. The van der Waals surface area contributed by atoms with Gasteiger partial charge in [-0.25, -0.2) is 9.89 Å². The largest absolute Gasteiger partial charge is 0.496 e. The van der Waals surface area contributed by atoms with Gasteiger partial charge in [0.25, 0.3) is 5.91 Å². The number of nitrogens with one attached hydrogen (secondary N) is 3. The van der Waals surface area contributed by atoms with Gasteiger partial charge in [-0.15, -0.1) is 5.10 Å². The Kier molecular flexibility index (Phi) is 5.44. The van der Waals surface area contributed by atoms with E-state index in [0.29, 0.717) is 23.1 Å². The van der Waals surface area contributed by atoms with Gasteiger partial charge in [-0.2, -0.15) is 0 Å². The first-order valence-electron chi connectivity index (χ1n) is 7.19. The average molecular weight is 339 g/mol. The smallest absolute Gasteiger partial charge is 0.341 e. The Bertz CT molecular complexity index is 738. The van der Waals surface area contributed by atoms with Crippen molar-refractivity contribution in [3.63, 3.8) is 0 Å². The topological polar surface area (TPSA) is 99.9 Å². The highest BCUT2D eigenvalue weighted by atomic mass is 35.5. The molecule has 1 amide bonds. The molecule has 7 nitrogen and oxygen atoms in total. The van der Waals surface area contributed by atoms with Gasteiger partial charge in [-0.1, -0.05) is 25.4 Å². The zero-order valence-corrected chi connectivity index (χ0v) is 13.9. The SMILES string of the molecule is COc1ccc(Cl)cc1C(CC(C)C)NC(=O)c1n[nH]c(=O)[nH]1. The van der Waals surface area contributed by atoms with Crippen molar-refractivity contribution >= 4 is 17.5 Å². The van der Waals surface area contributed by atoms with Crippen LogP contribution >= 0.6 is 11.6 Å². The van der Waals surface area contributed by atoms with Crippen LogP contribution < -0.4 is 15.7 Å². The lowest BCUT2D eigenvalue weighted by Crippen LogP contribution is -2.31. The molecule has 23 heavy (non-hydrogen) atoms. The Labute approximate surface area is 138 Å². The van der Waals surface area contributed by atoms with Gasteiger partial charge in [-0.3, -0.25) is 9.78 Å². The number of aromatic nitrogens is 3. The van der Waals surface area contributed by atoms with E-state index in [1.54, 1.807) is 25.3 Å². The summed E-state index contributed by atoms with van der Waals surface area (Å²) in [6, 6.07) is 4.93. The lowest BCUT2D eigenvalue weighted by atomic mass is 9.96. The molecule has 1 atom stereocenters. The molecule has 3 N–H and O–H groups in total. The third-order valence-electron chi connectivity index (χ3n) is 3.30. The van der Waals surface area contributed by atoms with Crippen LogP contribution in [0.2, 0.25) is 5.02 Å². The first-order valence-corrected chi connectivity index (χ1v) is 7.57. The molecule has 0 saturated carbocycles. The summed E-state index contributed by atoms with van der Waals surface area (Å²) in [5, 5.41) is 9.23. The maximum absolute atomic E-state index is 12.3. The number of hydrogen-bond acceptors (Lipinski definition) is 4. The molecule has 0 bridgehead atoms. The normalized spacial score (nSPS) is 12.2. The molecule has 1 unspecified atom stereocenters. The van der Waals surface area contributed by atoms with Crippen molar-refractivity contribution in [1.29, 1.82) is 0 Å². The van der Waals surface area contributed by atoms with E-state index in [4.69, 9.17) is 16.3 Å². The van der Waals surface area contributed by atoms with Crippen LogP contribution in [0.4, 0.5) is 0 Å². The molecule has 0 aliphatic rings. The van der Waals surface area contributed by atoms with Crippen molar-refractivity contribution in [1.82, 2.24) is 20.5 Å². The molecule has 2 rings (SSSR count). The van der Waals surface area contributed by atoms with Gasteiger partial charge in [0.05, 0.1) is 13.2 Å². The summed E-state index contributed by atoms with van der Waals surface area (Å²) in [6.07, 6.45) is 0.678. The molecule has 0 radical (unpaired) electrons. The molecule has 1 heterocycles. The van der Waals surface area contributed by atoms with Crippen molar-refractivity contribution in [2.75, 3.05) is 7.11 Å². The van der Waals surface area contributed by atoms with E-state index < -0.39 is 11.6 Å². The monoisotopic (exact) mass is 338 g/mol. The zero-order chi connectivity index (χ0) is 17.0. The van der Waals surface area contributed by atoms with Crippen LogP contribution in [0.25, 0.3) is 0 Å². The molecular weight excluding hydrogens is 320 g/mol. The summed E-state index contributed by atoms with van der Waals surface area (Å²) < 4.78 is 5.36. The predicted molar refractivity (Wildman–Crippen MR) is 86.9 cm³/mol.